The van der Waals surface area contributed by atoms with E-state index in [1.807, 2.05) is 31.2 Å². The van der Waals surface area contributed by atoms with Gasteiger partial charge in [0.1, 0.15) is 6.61 Å². The van der Waals surface area contributed by atoms with Crippen molar-refractivity contribution >= 4 is 18.0 Å². The zero-order valence-corrected chi connectivity index (χ0v) is 19.7. The van der Waals surface area contributed by atoms with Gasteiger partial charge in [0.15, 0.2) is 0 Å². The van der Waals surface area contributed by atoms with Crippen molar-refractivity contribution in [3.8, 4) is 11.1 Å². The van der Waals surface area contributed by atoms with E-state index in [1.165, 1.54) is 11.1 Å². The van der Waals surface area contributed by atoms with E-state index in [0.717, 1.165) is 17.5 Å². The fraction of sp³-hybridized carbons (Fsp3) is 0.444. The third-order valence-corrected chi connectivity index (χ3v) is 7.08. The minimum atomic E-state index is -0.835. The lowest BCUT2D eigenvalue weighted by Crippen LogP contribution is -2.54. The predicted molar refractivity (Wildman–Crippen MR) is 128 cm³/mol. The standard InChI is InChI=1S/C27H32N2O5/c1-3-8-19(13-25(30)29-14-18(15-29)17(2)26(31)32)28-27(33)34-16-24-22-11-6-4-9-20(22)21-10-5-7-12-23(21)24/h4-7,9-12,17-19,24H,3,8,13-16H2,1-2H3,(H,28,33)(H,31,32)/t17?,19-/m1/s1. The fourth-order valence-electron chi connectivity index (χ4n) is 4.95. The number of aliphatic carboxylic acids is 1. The van der Waals surface area contributed by atoms with Crippen LogP contribution in [0.4, 0.5) is 4.79 Å². The molecule has 180 valence electrons. The number of nitrogens with zero attached hydrogens (tertiary/aromatic N) is 1. The van der Waals surface area contributed by atoms with Gasteiger partial charge in [-0.05, 0) is 28.7 Å². The molecule has 7 heteroatoms. The molecule has 0 spiro atoms. The largest absolute Gasteiger partial charge is 0.481 e. The van der Waals surface area contributed by atoms with E-state index in [9.17, 15) is 14.4 Å². The number of benzene rings is 2. The molecule has 7 nitrogen and oxygen atoms in total. The van der Waals surface area contributed by atoms with Crippen molar-refractivity contribution in [3.05, 3.63) is 59.7 Å². The van der Waals surface area contributed by atoms with Crippen LogP contribution in [0.5, 0.6) is 0 Å². The number of carboxylic acids is 1. The van der Waals surface area contributed by atoms with Gasteiger partial charge in [-0.25, -0.2) is 4.79 Å². The van der Waals surface area contributed by atoms with Gasteiger partial charge < -0.3 is 20.1 Å². The summed E-state index contributed by atoms with van der Waals surface area (Å²) in [4.78, 5) is 38.1. The lowest BCUT2D eigenvalue weighted by Gasteiger charge is -2.41. The molecule has 0 bridgehead atoms. The first-order valence-electron chi connectivity index (χ1n) is 12.0. The molecule has 2 aromatic rings. The number of carbonyl (C=O) groups is 3. The maximum atomic E-state index is 12.7. The minimum absolute atomic E-state index is 0.0128. The number of rotatable bonds is 9. The van der Waals surface area contributed by atoms with Crippen LogP contribution >= 0.6 is 0 Å². The number of hydrogen-bond acceptors (Lipinski definition) is 4. The number of carboxylic acid groups (broad SMARTS) is 1. The summed E-state index contributed by atoms with van der Waals surface area (Å²) in [5.74, 6) is -1.39. The number of nitrogens with one attached hydrogen (secondary N) is 1. The third kappa shape index (κ3) is 4.93. The molecule has 4 rings (SSSR count). The van der Waals surface area contributed by atoms with Crippen LogP contribution in [0.2, 0.25) is 0 Å². The second-order valence-electron chi connectivity index (χ2n) is 9.35. The van der Waals surface area contributed by atoms with Gasteiger partial charge in [0.2, 0.25) is 5.91 Å². The molecular formula is C27H32N2O5. The molecule has 1 saturated heterocycles. The molecule has 2 aliphatic rings. The summed E-state index contributed by atoms with van der Waals surface area (Å²) < 4.78 is 5.63. The highest BCUT2D eigenvalue weighted by atomic mass is 16.5. The van der Waals surface area contributed by atoms with E-state index in [2.05, 4.69) is 29.6 Å². The molecule has 1 aliphatic carbocycles. The summed E-state index contributed by atoms with van der Waals surface area (Å²) in [6, 6.07) is 16.0. The van der Waals surface area contributed by atoms with E-state index in [4.69, 9.17) is 9.84 Å². The van der Waals surface area contributed by atoms with Crippen LogP contribution in [0, 0.1) is 11.8 Å². The van der Waals surface area contributed by atoms with Crippen molar-refractivity contribution in [2.45, 2.75) is 45.1 Å². The average Bonchev–Trinajstić information content (AvgIpc) is 3.10. The van der Waals surface area contributed by atoms with Crippen molar-refractivity contribution in [3.63, 3.8) is 0 Å². The first-order chi connectivity index (χ1) is 16.4. The number of likely N-dealkylation sites (tertiary alicyclic amines) is 1. The normalized spacial score (nSPS) is 16.7. The lowest BCUT2D eigenvalue weighted by molar-refractivity contribution is -0.150. The van der Waals surface area contributed by atoms with E-state index in [-0.39, 0.29) is 36.8 Å². The van der Waals surface area contributed by atoms with Crippen molar-refractivity contribution in [1.82, 2.24) is 10.2 Å². The van der Waals surface area contributed by atoms with Crippen molar-refractivity contribution < 1.29 is 24.2 Å². The number of fused-ring (bicyclic) bond motifs is 3. The van der Waals surface area contributed by atoms with Crippen LogP contribution in [0.3, 0.4) is 0 Å². The molecule has 2 amide bonds. The molecule has 0 radical (unpaired) electrons. The van der Waals surface area contributed by atoms with Crippen LogP contribution in [-0.2, 0) is 14.3 Å². The van der Waals surface area contributed by atoms with Crippen molar-refractivity contribution in [2.75, 3.05) is 19.7 Å². The average molecular weight is 465 g/mol. The maximum Gasteiger partial charge on any atom is 0.407 e. The van der Waals surface area contributed by atoms with Crippen molar-refractivity contribution in [1.29, 1.82) is 0 Å². The Hall–Kier alpha value is -3.35. The molecule has 2 N–H and O–H groups in total. The molecule has 1 heterocycles. The molecule has 2 aromatic carbocycles. The molecule has 2 atom stereocenters. The molecule has 0 aromatic heterocycles. The predicted octanol–water partition coefficient (Wildman–Crippen LogP) is 4.26. The molecule has 1 unspecified atom stereocenters. The summed E-state index contributed by atoms with van der Waals surface area (Å²) in [7, 11) is 0. The van der Waals surface area contributed by atoms with Gasteiger partial charge in [-0.1, -0.05) is 68.8 Å². The molecule has 1 aliphatic heterocycles. The second kappa shape index (κ2) is 10.3. The number of hydrogen-bond donors (Lipinski definition) is 2. The Morgan fingerprint density at radius 3 is 2.21 bits per heavy atom. The highest BCUT2D eigenvalue weighted by Gasteiger charge is 2.37. The van der Waals surface area contributed by atoms with Crippen LogP contribution in [-0.4, -0.2) is 53.7 Å². The topological polar surface area (TPSA) is 95.9 Å². The summed E-state index contributed by atoms with van der Waals surface area (Å²) in [5.41, 5.74) is 4.65. The van der Waals surface area contributed by atoms with Crippen LogP contribution < -0.4 is 5.32 Å². The van der Waals surface area contributed by atoms with Gasteiger partial charge in [-0.2, -0.15) is 0 Å². The van der Waals surface area contributed by atoms with Gasteiger partial charge in [-0.15, -0.1) is 0 Å². The second-order valence-corrected chi connectivity index (χ2v) is 9.35. The van der Waals surface area contributed by atoms with Crippen molar-refractivity contribution in [2.24, 2.45) is 11.8 Å². The Bertz CT molecular complexity index is 1020. The zero-order valence-electron chi connectivity index (χ0n) is 19.7. The number of alkyl carbamates (subject to hydrolysis) is 1. The molecular weight excluding hydrogens is 432 g/mol. The number of amides is 2. The Labute approximate surface area is 200 Å². The summed E-state index contributed by atoms with van der Waals surface area (Å²) in [6.45, 7) is 4.82. The Morgan fingerprint density at radius 2 is 1.65 bits per heavy atom. The third-order valence-electron chi connectivity index (χ3n) is 7.08. The number of ether oxygens (including phenoxy) is 1. The maximum absolute atomic E-state index is 12.7. The Balaban J connectivity index is 1.31. The highest BCUT2D eigenvalue weighted by Crippen LogP contribution is 2.44. The van der Waals surface area contributed by atoms with E-state index in [0.29, 0.717) is 19.5 Å². The summed E-state index contributed by atoms with van der Waals surface area (Å²) in [5, 5.41) is 12.0. The van der Waals surface area contributed by atoms with Gasteiger partial charge in [0.25, 0.3) is 0 Å². The van der Waals surface area contributed by atoms with Gasteiger partial charge >= 0.3 is 12.1 Å². The molecule has 0 saturated carbocycles. The zero-order chi connectivity index (χ0) is 24.2. The van der Waals surface area contributed by atoms with E-state index >= 15 is 0 Å². The molecule has 34 heavy (non-hydrogen) atoms. The SMILES string of the molecule is CCC[C@H](CC(=O)N1CC(C(C)C(=O)O)C1)NC(=O)OCC1c2ccccc2-c2ccccc21. The minimum Gasteiger partial charge on any atom is -0.481 e. The van der Waals surface area contributed by atoms with Gasteiger partial charge in [0, 0.05) is 37.4 Å². The lowest BCUT2D eigenvalue weighted by atomic mass is 9.86. The molecule has 1 fully saturated rings. The Kier molecular flexibility index (Phi) is 7.20. The summed E-state index contributed by atoms with van der Waals surface area (Å²) >= 11 is 0. The van der Waals surface area contributed by atoms with Gasteiger partial charge in [-0.3, -0.25) is 9.59 Å². The van der Waals surface area contributed by atoms with E-state index < -0.39 is 18.0 Å². The first-order valence-corrected chi connectivity index (χ1v) is 12.0. The first kappa shape index (κ1) is 23.8. The quantitative estimate of drug-likeness (QED) is 0.578. The van der Waals surface area contributed by atoms with E-state index in [1.54, 1.807) is 11.8 Å². The Morgan fingerprint density at radius 1 is 1.06 bits per heavy atom. The van der Waals surface area contributed by atoms with Gasteiger partial charge in [0.05, 0.1) is 5.92 Å². The van der Waals surface area contributed by atoms with Crippen LogP contribution in [0.25, 0.3) is 11.1 Å². The smallest absolute Gasteiger partial charge is 0.407 e. The monoisotopic (exact) mass is 464 g/mol. The van der Waals surface area contributed by atoms with Crippen LogP contribution in [0.15, 0.2) is 48.5 Å². The summed E-state index contributed by atoms with van der Waals surface area (Å²) in [6.07, 6.45) is 1.15. The highest BCUT2D eigenvalue weighted by molar-refractivity contribution is 5.80. The fourth-order valence-corrected chi connectivity index (χ4v) is 4.95. The number of carbonyl (C=O) groups excluding carboxylic acids is 2. The van der Waals surface area contributed by atoms with Crippen LogP contribution in [0.1, 0.15) is 50.2 Å².